The van der Waals surface area contributed by atoms with Crippen molar-refractivity contribution in [1.29, 1.82) is 0 Å². The minimum atomic E-state index is -3.26. The van der Waals surface area contributed by atoms with Crippen molar-refractivity contribution in [1.82, 2.24) is 9.62 Å². The van der Waals surface area contributed by atoms with Crippen LogP contribution in [0.3, 0.4) is 0 Å². The summed E-state index contributed by atoms with van der Waals surface area (Å²) < 4.78 is 25.8. The average molecular weight is 413 g/mol. The number of benzene rings is 2. The molecule has 2 fully saturated rings. The lowest BCUT2D eigenvalue weighted by atomic mass is 9.92. The molecule has 0 bridgehead atoms. The Morgan fingerprint density at radius 3 is 2.59 bits per heavy atom. The van der Waals surface area contributed by atoms with Gasteiger partial charge in [-0.05, 0) is 54.4 Å². The number of sulfonamides is 1. The Labute approximate surface area is 173 Å². The zero-order chi connectivity index (χ0) is 20.6. The Hall–Kier alpha value is -2.18. The summed E-state index contributed by atoms with van der Waals surface area (Å²) in [5, 5.41) is 0. The highest BCUT2D eigenvalue weighted by atomic mass is 32.2. The van der Waals surface area contributed by atoms with Gasteiger partial charge in [0, 0.05) is 25.0 Å². The third kappa shape index (κ3) is 4.54. The Kier molecular flexibility index (Phi) is 5.49. The second-order valence-corrected chi connectivity index (χ2v) is 10.1. The molecule has 0 aromatic heterocycles. The predicted octanol–water partition coefficient (Wildman–Crippen LogP) is 3.31. The fourth-order valence-corrected chi connectivity index (χ4v) is 5.42. The first kappa shape index (κ1) is 20.1. The van der Waals surface area contributed by atoms with Crippen LogP contribution in [-0.4, -0.2) is 44.6 Å². The van der Waals surface area contributed by atoms with Gasteiger partial charge in [0.05, 0.1) is 6.26 Å². The van der Waals surface area contributed by atoms with E-state index in [0.717, 1.165) is 19.3 Å². The minimum Gasteiger partial charge on any atom is -0.341 e. The Bertz CT molecular complexity index is 1000. The maximum atomic E-state index is 13.1. The van der Waals surface area contributed by atoms with E-state index >= 15 is 0 Å². The van der Waals surface area contributed by atoms with Crippen molar-refractivity contribution in [2.75, 3.05) is 19.3 Å². The van der Waals surface area contributed by atoms with Gasteiger partial charge in [-0.15, -0.1) is 0 Å². The normalized spacial score (nSPS) is 24.3. The minimum absolute atomic E-state index is 0.00348. The molecular weight excluding hydrogens is 384 g/mol. The van der Waals surface area contributed by atoms with E-state index in [1.807, 2.05) is 23.1 Å². The predicted molar refractivity (Wildman–Crippen MR) is 115 cm³/mol. The number of piperidine rings is 1. The number of nitrogens with zero attached hydrogens (tertiary/aromatic N) is 1. The van der Waals surface area contributed by atoms with Crippen LogP contribution in [-0.2, 0) is 14.8 Å². The molecule has 5 nitrogen and oxygen atoms in total. The second kappa shape index (κ2) is 7.92. The van der Waals surface area contributed by atoms with Crippen molar-refractivity contribution in [3.05, 3.63) is 59.7 Å². The lowest BCUT2D eigenvalue weighted by Gasteiger charge is -2.33. The fourth-order valence-electron chi connectivity index (χ4n) is 4.62. The molecule has 1 amide bonds. The molecule has 0 spiro atoms. The van der Waals surface area contributed by atoms with E-state index in [1.54, 1.807) is 0 Å². The lowest BCUT2D eigenvalue weighted by molar-refractivity contribution is -0.133. The number of hydrogen-bond donors (Lipinski definition) is 1. The molecule has 1 heterocycles. The van der Waals surface area contributed by atoms with E-state index < -0.39 is 10.0 Å². The van der Waals surface area contributed by atoms with E-state index in [9.17, 15) is 13.2 Å². The molecule has 2 aliphatic rings. The van der Waals surface area contributed by atoms with Gasteiger partial charge in [-0.2, -0.15) is 0 Å². The van der Waals surface area contributed by atoms with Crippen molar-refractivity contribution < 1.29 is 13.2 Å². The van der Waals surface area contributed by atoms with E-state index in [0.29, 0.717) is 13.1 Å². The summed E-state index contributed by atoms with van der Waals surface area (Å²) in [6.45, 7) is 3.30. The van der Waals surface area contributed by atoms with E-state index in [4.69, 9.17) is 0 Å². The first-order valence-electron chi connectivity index (χ1n) is 10.2. The SMILES string of the molecule is Cc1cccc([C@@H]2C[C@H]2C(=O)N2CCC[C@@H](NS(C)(=O)=O)C2)c1-c1ccccc1. The first-order valence-corrected chi connectivity index (χ1v) is 12.1. The smallest absolute Gasteiger partial charge is 0.226 e. The molecule has 1 aliphatic carbocycles. The van der Waals surface area contributed by atoms with Crippen molar-refractivity contribution in [3.8, 4) is 11.1 Å². The number of hydrogen-bond acceptors (Lipinski definition) is 3. The zero-order valence-corrected chi connectivity index (χ0v) is 17.8. The number of likely N-dealkylation sites (tertiary alicyclic amines) is 1. The third-order valence-corrected chi connectivity index (χ3v) is 6.75. The molecule has 4 rings (SSSR count). The lowest BCUT2D eigenvalue weighted by Crippen LogP contribution is -2.49. The van der Waals surface area contributed by atoms with Crippen molar-refractivity contribution >= 4 is 15.9 Å². The van der Waals surface area contributed by atoms with Gasteiger partial charge in [-0.1, -0.05) is 48.5 Å². The Morgan fingerprint density at radius 2 is 1.86 bits per heavy atom. The van der Waals surface area contributed by atoms with Gasteiger partial charge < -0.3 is 4.90 Å². The molecule has 1 saturated heterocycles. The molecule has 2 aromatic carbocycles. The Balaban J connectivity index is 1.51. The fraction of sp³-hybridized carbons (Fsp3) is 0.435. The molecule has 29 heavy (non-hydrogen) atoms. The van der Waals surface area contributed by atoms with Crippen LogP contribution in [0.15, 0.2) is 48.5 Å². The van der Waals surface area contributed by atoms with Crippen LogP contribution in [0, 0.1) is 12.8 Å². The monoisotopic (exact) mass is 412 g/mol. The summed E-state index contributed by atoms with van der Waals surface area (Å²) in [4.78, 5) is 15.0. The number of rotatable bonds is 5. The molecule has 0 unspecified atom stereocenters. The van der Waals surface area contributed by atoms with Gasteiger partial charge >= 0.3 is 0 Å². The molecule has 2 aromatic rings. The van der Waals surface area contributed by atoms with E-state index in [2.05, 4.69) is 42.0 Å². The van der Waals surface area contributed by atoms with Crippen LogP contribution in [0.25, 0.3) is 11.1 Å². The molecule has 154 valence electrons. The second-order valence-electron chi connectivity index (χ2n) is 8.37. The number of amides is 1. The standard InChI is InChI=1S/C23H28N2O3S/c1-16-8-6-12-19(22(16)17-9-4-3-5-10-17)20-14-21(20)23(26)25-13-7-11-18(15-25)24-29(2,27)28/h3-6,8-10,12,18,20-21,24H,7,11,13-15H2,1-2H3/t18-,20+,21-/m1/s1. The van der Waals surface area contributed by atoms with Gasteiger partial charge in [0.2, 0.25) is 15.9 Å². The number of carbonyl (C=O) groups is 1. The highest BCUT2D eigenvalue weighted by Crippen LogP contribution is 2.51. The highest BCUT2D eigenvalue weighted by molar-refractivity contribution is 7.88. The molecule has 1 aliphatic heterocycles. The van der Waals surface area contributed by atoms with Gasteiger partial charge in [0.25, 0.3) is 0 Å². The number of carbonyl (C=O) groups excluding carboxylic acids is 1. The molecule has 1 saturated carbocycles. The third-order valence-electron chi connectivity index (χ3n) is 5.99. The molecular formula is C23H28N2O3S. The van der Waals surface area contributed by atoms with Gasteiger partial charge in [0.1, 0.15) is 0 Å². The quantitative estimate of drug-likeness (QED) is 0.819. The van der Waals surface area contributed by atoms with Crippen LogP contribution in [0.4, 0.5) is 0 Å². The highest BCUT2D eigenvalue weighted by Gasteiger charge is 2.47. The molecule has 6 heteroatoms. The van der Waals surface area contributed by atoms with Crippen LogP contribution >= 0.6 is 0 Å². The van der Waals surface area contributed by atoms with Crippen LogP contribution in [0.5, 0.6) is 0 Å². The van der Waals surface area contributed by atoms with Crippen molar-refractivity contribution in [2.24, 2.45) is 5.92 Å². The summed E-state index contributed by atoms with van der Waals surface area (Å²) in [5.41, 5.74) is 4.90. The van der Waals surface area contributed by atoms with Gasteiger partial charge in [-0.3, -0.25) is 4.79 Å². The Morgan fingerprint density at radius 1 is 1.10 bits per heavy atom. The van der Waals surface area contributed by atoms with Crippen molar-refractivity contribution in [2.45, 2.75) is 38.1 Å². The summed E-state index contributed by atoms with van der Waals surface area (Å²) in [7, 11) is -3.26. The summed E-state index contributed by atoms with van der Waals surface area (Å²) >= 11 is 0. The summed E-state index contributed by atoms with van der Waals surface area (Å²) in [6, 6.07) is 16.5. The van der Waals surface area contributed by atoms with Crippen molar-refractivity contribution in [3.63, 3.8) is 0 Å². The van der Waals surface area contributed by atoms with E-state index in [1.165, 1.54) is 28.5 Å². The molecule has 0 radical (unpaired) electrons. The van der Waals surface area contributed by atoms with Crippen LogP contribution < -0.4 is 4.72 Å². The number of aryl methyl sites for hydroxylation is 1. The first-order chi connectivity index (χ1) is 13.8. The molecule has 3 atom stereocenters. The topological polar surface area (TPSA) is 66.5 Å². The maximum absolute atomic E-state index is 13.1. The van der Waals surface area contributed by atoms with Gasteiger partial charge in [0.15, 0.2) is 0 Å². The van der Waals surface area contributed by atoms with Gasteiger partial charge in [-0.25, -0.2) is 13.1 Å². The summed E-state index contributed by atoms with van der Waals surface area (Å²) in [6.07, 6.45) is 3.65. The zero-order valence-electron chi connectivity index (χ0n) is 17.0. The van der Waals surface area contributed by atoms with E-state index in [-0.39, 0.29) is 23.8 Å². The summed E-state index contributed by atoms with van der Waals surface area (Å²) in [5.74, 6) is 0.396. The average Bonchev–Trinajstić information content (AvgIpc) is 3.47. The number of nitrogens with one attached hydrogen (secondary N) is 1. The van der Waals surface area contributed by atoms with Crippen LogP contribution in [0.2, 0.25) is 0 Å². The van der Waals surface area contributed by atoms with Crippen LogP contribution in [0.1, 0.15) is 36.3 Å². The maximum Gasteiger partial charge on any atom is 0.226 e. The molecule has 1 N–H and O–H groups in total. The largest absolute Gasteiger partial charge is 0.341 e.